The zero-order chi connectivity index (χ0) is 15.2. The summed E-state index contributed by atoms with van der Waals surface area (Å²) >= 11 is 0. The second kappa shape index (κ2) is 7.55. The van der Waals surface area contributed by atoms with Crippen LogP contribution in [-0.2, 0) is 11.2 Å². The Kier molecular flexibility index (Phi) is 5.74. The average Bonchev–Trinajstić information content (AvgIpc) is 2.52. The van der Waals surface area contributed by atoms with Crippen molar-refractivity contribution in [2.24, 2.45) is 5.92 Å². The average molecular weight is 292 g/mol. The number of benzene rings is 1. The lowest BCUT2D eigenvalue weighted by molar-refractivity contribution is -0.126. The van der Waals surface area contributed by atoms with Crippen LogP contribution in [0.2, 0.25) is 0 Å². The van der Waals surface area contributed by atoms with Gasteiger partial charge in [0.1, 0.15) is 5.82 Å². The Morgan fingerprint density at radius 1 is 1.43 bits per heavy atom. The third kappa shape index (κ3) is 4.53. The lowest BCUT2D eigenvalue weighted by Crippen LogP contribution is -2.43. The standard InChI is InChI=1S/C17H25FN2O/c1-13(6-7-14-4-3-5-16(18)12-14)20-10-8-15(9-11-20)17(21)19-2/h3-5,12-13,15H,6-11H2,1-2H3,(H,19,21)/t13-/m1/s1. The molecule has 0 spiro atoms. The molecule has 1 aromatic carbocycles. The van der Waals surface area contributed by atoms with Crippen molar-refractivity contribution in [3.8, 4) is 0 Å². The fourth-order valence-electron chi connectivity index (χ4n) is 3.06. The van der Waals surface area contributed by atoms with Gasteiger partial charge < -0.3 is 10.2 Å². The minimum absolute atomic E-state index is 0.161. The molecule has 0 saturated carbocycles. The molecule has 1 heterocycles. The monoisotopic (exact) mass is 292 g/mol. The molecule has 0 unspecified atom stereocenters. The second-order valence-electron chi connectivity index (χ2n) is 5.94. The minimum atomic E-state index is -0.161. The van der Waals surface area contributed by atoms with Crippen molar-refractivity contribution in [2.45, 2.75) is 38.6 Å². The topological polar surface area (TPSA) is 32.3 Å². The van der Waals surface area contributed by atoms with Gasteiger partial charge in [0.2, 0.25) is 5.91 Å². The maximum absolute atomic E-state index is 13.2. The SMILES string of the molecule is CNC(=O)C1CCN([C@H](C)CCc2cccc(F)c2)CC1. The highest BCUT2D eigenvalue weighted by Gasteiger charge is 2.26. The Morgan fingerprint density at radius 3 is 2.76 bits per heavy atom. The number of carbonyl (C=O) groups is 1. The molecule has 1 amide bonds. The van der Waals surface area contributed by atoms with Crippen LogP contribution in [0.1, 0.15) is 31.7 Å². The van der Waals surface area contributed by atoms with Crippen LogP contribution in [-0.4, -0.2) is 37.0 Å². The molecule has 116 valence electrons. The van der Waals surface area contributed by atoms with Gasteiger partial charge in [-0.2, -0.15) is 0 Å². The van der Waals surface area contributed by atoms with E-state index in [9.17, 15) is 9.18 Å². The van der Waals surface area contributed by atoms with Crippen molar-refractivity contribution in [1.29, 1.82) is 0 Å². The van der Waals surface area contributed by atoms with Gasteiger partial charge >= 0.3 is 0 Å². The Hall–Kier alpha value is -1.42. The minimum Gasteiger partial charge on any atom is -0.359 e. The lowest BCUT2D eigenvalue weighted by atomic mass is 9.94. The summed E-state index contributed by atoms with van der Waals surface area (Å²) in [4.78, 5) is 14.1. The first kappa shape index (κ1) is 16.0. The predicted molar refractivity (Wildman–Crippen MR) is 82.5 cm³/mol. The number of rotatable bonds is 5. The fraction of sp³-hybridized carbons (Fsp3) is 0.588. The van der Waals surface area contributed by atoms with E-state index in [0.717, 1.165) is 44.3 Å². The number of carbonyl (C=O) groups excluding carboxylic acids is 1. The van der Waals surface area contributed by atoms with E-state index in [1.807, 2.05) is 6.07 Å². The molecule has 4 heteroatoms. The number of nitrogens with zero attached hydrogens (tertiary/aromatic N) is 1. The van der Waals surface area contributed by atoms with Crippen molar-refractivity contribution < 1.29 is 9.18 Å². The maximum atomic E-state index is 13.2. The van der Waals surface area contributed by atoms with Gasteiger partial charge in [-0.15, -0.1) is 0 Å². The first-order valence-corrected chi connectivity index (χ1v) is 7.80. The van der Waals surface area contributed by atoms with Crippen molar-refractivity contribution in [3.63, 3.8) is 0 Å². The number of hydrogen-bond acceptors (Lipinski definition) is 2. The Morgan fingerprint density at radius 2 is 2.14 bits per heavy atom. The van der Waals surface area contributed by atoms with E-state index in [0.29, 0.717) is 6.04 Å². The van der Waals surface area contributed by atoms with E-state index in [1.165, 1.54) is 6.07 Å². The van der Waals surface area contributed by atoms with Crippen molar-refractivity contribution in [2.75, 3.05) is 20.1 Å². The van der Waals surface area contributed by atoms with E-state index in [4.69, 9.17) is 0 Å². The molecule has 1 aliphatic rings. The van der Waals surface area contributed by atoms with E-state index in [1.54, 1.807) is 19.2 Å². The summed E-state index contributed by atoms with van der Waals surface area (Å²) < 4.78 is 13.2. The number of piperidine rings is 1. The Bertz CT molecular complexity index is 470. The highest BCUT2D eigenvalue weighted by Crippen LogP contribution is 2.21. The number of hydrogen-bond donors (Lipinski definition) is 1. The largest absolute Gasteiger partial charge is 0.359 e. The Balaban J connectivity index is 1.77. The molecule has 1 saturated heterocycles. The summed E-state index contributed by atoms with van der Waals surface area (Å²) in [6, 6.07) is 7.32. The molecule has 2 rings (SSSR count). The number of amides is 1. The van der Waals surface area contributed by atoms with Crippen molar-refractivity contribution in [1.82, 2.24) is 10.2 Å². The van der Waals surface area contributed by atoms with Crippen LogP contribution in [0.15, 0.2) is 24.3 Å². The molecule has 0 radical (unpaired) electrons. The molecule has 1 aromatic rings. The maximum Gasteiger partial charge on any atom is 0.222 e. The summed E-state index contributed by atoms with van der Waals surface area (Å²) in [5, 5.41) is 2.74. The molecule has 0 aromatic heterocycles. The molecule has 0 aliphatic carbocycles. The highest BCUT2D eigenvalue weighted by atomic mass is 19.1. The van der Waals surface area contributed by atoms with Crippen LogP contribution in [0.5, 0.6) is 0 Å². The van der Waals surface area contributed by atoms with Gasteiger partial charge in [0, 0.05) is 19.0 Å². The van der Waals surface area contributed by atoms with E-state index >= 15 is 0 Å². The first-order valence-electron chi connectivity index (χ1n) is 7.80. The second-order valence-corrected chi connectivity index (χ2v) is 5.94. The normalized spacial score (nSPS) is 18.4. The molecule has 1 N–H and O–H groups in total. The lowest BCUT2D eigenvalue weighted by Gasteiger charge is -2.35. The van der Waals surface area contributed by atoms with Gasteiger partial charge in [-0.05, 0) is 63.4 Å². The summed E-state index contributed by atoms with van der Waals surface area (Å²) in [6.07, 6.45) is 3.79. The molecule has 1 aliphatic heterocycles. The Labute approximate surface area is 126 Å². The zero-order valence-corrected chi connectivity index (χ0v) is 12.9. The first-order chi connectivity index (χ1) is 10.1. The number of aryl methyl sites for hydroxylation is 1. The van der Waals surface area contributed by atoms with Gasteiger partial charge in [0.15, 0.2) is 0 Å². The van der Waals surface area contributed by atoms with Crippen LogP contribution in [0.3, 0.4) is 0 Å². The van der Waals surface area contributed by atoms with Crippen LogP contribution >= 0.6 is 0 Å². The number of likely N-dealkylation sites (tertiary alicyclic amines) is 1. The van der Waals surface area contributed by atoms with Gasteiger partial charge in [0.05, 0.1) is 0 Å². The summed E-state index contributed by atoms with van der Waals surface area (Å²) in [5.74, 6) is 0.176. The number of nitrogens with one attached hydrogen (secondary N) is 1. The third-order valence-electron chi connectivity index (χ3n) is 4.51. The summed E-state index contributed by atoms with van der Waals surface area (Å²) in [5.41, 5.74) is 1.06. The van der Waals surface area contributed by atoms with Crippen LogP contribution in [0.4, 0.5) is 4.39 Å². The van der Waals surface area contributed by atoms with Gasteiger partial charge in [0.25, 0.3) is 0 Å². The molecule has 0 bridgehead atoms. The van der Waals surface area contributed by atoms with E-state index in [-0.39, 0.29) is 17.6 Å². The summed E-state index contributed by atoms with van der Waals surface area (Å²) in [7, 11) is 1.70. The molecule has 3 nitrogen and oxygen atoms in total. The van der Waals surface area contributed by atoms with Crippen LogP contribution in [0, 0.1) is 11.7 Å². The molecule has 21 heavy (non-hydrogen) atoms. The van der Waals surface area contributed by atoms with Gasteiger partial charge in [-0.1, -0.05) is 12.1 Å². The highest BCUT2D eigenvalue weighted by molar-refractivity contribution is 5.78. The van der Waals surface area contributed by atoms with Crippen molar-refractivity contribution in [3.05, 3.63) is 35.6 Å². The number of halogens is 1. The van der Waals surface area contributed by atoms with Gasteiger partial charge in [-0.25, -0.2) is 4.39 Å². The summed E-state index contributed by atoms with van der Waals surface area (Å²) in [6.45, 7) is 4.17. The van der Waals surface area contributed by atoms with Crippen molar-refractivity contribution >= 4 is 5.91 Å². The fourth-order valence-corrected chi connectivity index (χ4v) is 3.06. The van der Waals surface area contributed by atoms with Crippen LogP contribution < -0.4 is 5.32 Å². The van der Waals surface area contributed by atoms with E-state index in [2.05, 4.69) is 17.1 Å². The molecular formula is C17H25FN2O. The zero-order valence-electron chi connectivity index (χ0n) is 12.9. The van der Waals surface area contributed by atoms with Gasteiger partial charge in [-0.3, -0.25) is 4.79 Å². The quantitative estimate of drug-likeness (QED) is 0.905. The van der Waals surface area contributed by atoms with Crippen LogP contribution in [0.25, 0.3) is 0 Å². The van der Waals surface area contributed by atoms with E-state index < -0.39 is 0 Å². The third-order valence-corrected chi connectivity index (χ3v) is 4.51. The smallest absolute Gasteiger partial charge is 0.222 e. The molecular weight excluding hydrogens is 267 g/mol. The predicted octanol–water partition coefficient (Wildman–Crippen LogP) is 2.60. The molecule has 1 fully saturated rings. The molecule has 1 atom stereocenters.